The summed E-state index contributed by atoms with van der Waals surface area (Å²) in [5.41, 5.74) is 0.634. The number of aliphatic imine (C=N–C) groups is 1. The van der Waals surface area contributed by atoms with Crippen molar-refractivity contribution >= 4 is 17.3 Å². The van der Waals surface area contributed by atoms with Gasteiger partial charge >= 0.3 is 0 Å². The molecule has 1 spiro atoms. The van der Waals surface area contributed by atoms with E-state index < -0.39 is 0 Å². The SMILES string of the molecule is CCNC(=NCC(C)c1cccs1)N1CCC2(CCC2)C1. The molecule has 3 nitrogen and oxygen atoms in total. The summed E-state index contributed by atoms with van der Waals surface area (Å²) in [6.45, 7) is 8.66. The molecule has 4 heteroatoms. The van der Waals surface area contributed by atoms with Crippen LogP contribution in [-0.4, -0.2) is 37.0 Å². The summed E-state index contributed by atoms with van der Waals surface area (Å²) in [5.74, 6) is 1.64. The van der Waals surface area contributed by atoms with E-state index in [0.29, 0.717) is 11.3 Å². The van der Waals surface area contributed by atoms with Crippen molar-refractivity contribution in [1.82, 2.24) is 10.2 Å². The van der Waals surface area contributed by atoms with Gasteiger partial charge in [-0.15, -0.1) is 11.3 Å². The lowest BCUT2D eigenvalue weighted by Crippen LogP contribution is -2.42. The summed E-state index contributed by atoms with van der Waals surface area (Å²) in [7, 11) is 0. The van der Waals surface area contributed by atoms with Gasteiger partial charge < -0.3 is 10.2 Å². The minimum atomic E-state index is 0.513. The Balaban J connectivity index is 1.62. The molecule has 1 unspecified atom stereocenters. The van der Waals surface area contributed by atoms with Crippen molar-refractivity contribution in [3.05, 3.63) is 22.4 Å². The van der Waals surface area contributed by atoms with E-state index in [1.165, 1.54) is 43.6 Å². The molecule has 2 heterocycles. The molecule has 0 radical (unpaired) electrons. The van der Waals surface area contributed by atoms with Gasteiger partial charge in [-0.1, -0.05) is 19.4 Å². The van der Waals surface area contributed by atoms with Crippen LogP contribution in [0.5, 0.6) is 0 Å². The van der Waals surface area contributed by atoms with Crippen molar-refractivity contribution in [2.45, 2.75) is 45.4 Å². The molecule has 116 valence electrons. The first kappa shape index (κ1) is 14.9. The Hall–Kier alpha value is -1.03. The van der Waals surface area contributed by atoms with E-state index in [2.05, 4.69) is 41.6 Å². The van der Waals surface area contributed by atoms with Gasteiger partial charge in [-0.3, -0.25) is 4.99 Å². The molecular formula is C17H27N3S. The first-order chi connectivity index (χ1) is 10.2. The second kappa shape index (κ2) is 6.39. The standard InChI is InChI=1S/C17H27N3S/c1-3-18-16(19-12-14(2)15-6-4-11-21-15)20-10-9-17(13-20)7-5-8-17/h4,6,11,14H,3,5,7-10,12-13H2,1-2H3,(H,18,19). The third kappa shape index (κ3) is 3.25. The number of nitrogens with one attached hydrogen (secondary N) is 1. The first-order valence-corrected chi connectivity index (χ1v) is 9.17. The van der Waals surface area contributed by atoms with Crippen LogP contribution in [0.25, 0.3) is 0 Å². The predicted molar refractivity (Wildman–Crippen MR) is 91.2 cm³/mol. The van der Waals surface area contributed by atoms with E-state index >= 15 is 0 Å². The van der Waals surface area contributed by atoms with Gasteiger partial charge in [-0.2, -0.15) is 0 Å². The summed E-state index contributed by atoms with van der Waals surface area (Å²) in [5, 5.41) is 5.64. The van der Waals surface area contributed by atoms with Crippen LogP contribution in [0.3, 0.4) is 0 Å². The number of hydrogen-bond acceptors (Lipinski definition) is 2. The minimum absolute atomic E-state index is 0.513. The third-order valence-electron chi connectivity index (χ3n) is 5.03. The average molecular weight is 305 g/mol. The highest BCUT2D eigenvalue weighted by Crippen LogP contribution is 2.47. The van der Waals surface area contributed by atoms with E-state index in [1.807, 2.05) is 11.3 Å². The van der Waals surface area contributed by atoms with Crippen molar-refractivity contribution in [3.63, 3.8) is 0 Å². The molecule has 2 aliphatic rings. The summed E-state index contributed by atoms with van der Waals surface area (Å²) < 4.78 is 0. The Labute approximate surface area is 132 Å². The van der Waals surface area contributed by atoms with E-state index in [9.17, 15) is 0 Å². The van der Waals surface area contributed by atoms with Crippen LogP contribution >= 0.6 is 11.3 Å². The molecule has 0 bridgehead atoms. The van der Waals surface area contributed by atoms with Gasteiger partial charge in [0.2, 0.25) is 0 Å². The molecule has 1 saturated carbocycles. The molecule has 21 heavy (non-hydrogen) atoms. The van der Waals surface area contributed by atoms with Gasteiger partial charge in [-0.25, -0.2) is 0 Å². The van der Waals surface area contributed by atoms with Gasteiger partial charge in [-0.05, 0) is 43.0 Å². The van der Waals surface area contributed by atoms with Crippen LogP contribution < -0.4 is 5.32 Å². The van der Waals surface area contributed by atoms with E-state index in [-0.39, 0.29) is 0 Å². The molecule has 1 aromatic rings. The quantitative estimate of drug-likeness (QED) is 0.678. The van der Waals surface area contributed by atoms with E-state index in [0.717, 1.165) is 19.0 Å². The molecule has 2 fully saturated rings. The average Bonchev–Trinajstić information content (AvgIpc) is 3.10. The molecule has 1 N–H and O–H groups in total. The Morgan fingerprint density at radius 3 is 2.90 bits per heavy atom. The van der Waals surface area contributed by atoms with Gasteiger partial charge in [0.05, 0.1) is 6.54 Å². The van der Waals surface area contributed by atoms with Crippen LogP contribution in [0, 0.1) is 5.41 Å². The zero-order chi connectivity index (χ0) is 14.7. The summed E-state index contributed by atoms with van der Waals surface area (Å²) in [4.78, 5) is 8.84. The number of guanidine groups is 1. The van der Waals surface area contributed by atoms with Crippen molar-refractivity contribution in [3.8, 4) is 0 Å². The molecule has 1 atom stereocenters. The lowest BCUT2D eigenvalue weighted by Gasteiger charge is -2.38. The zero-order valence-electron chi connectivity index (χ0n) is 13.3. The summed E-state index contributed by atoms with van der Waals surface area (Å²) in [6.07, 6.45) is 5.64. The number of thiophene rings is 1. The van der Waals surface area contributed by atoms with Gasteiger partial charge in [0.15, 0.2) is 5.96 Å². The van der Waals surface area contributed by atoms with Crippen LogP contribution in [-0.2, 0) is 0 Å². The molecule has 0 amide bonds. The molecule has 0 aromatic carbocycles. The maximum atomic E-state index is 4.91. The molecule has 1 aliphatic heterocycles. The monoisotopic (exact) mass is 305 g/mol. The minimum Gasteiger partial charge on any atom is -0.357 e. The molecule has 1 aromatic heterocycles. The van der Waals surface area contributed by atoms with Crippen molar-refractivity contribution in [2.24, 2.45) is 10.4 Å². The van der Waals surface area contributed by atoms with Crippen LogP contribution in [0.2, 0.25) is 0 Å². The molecule has 1 aliphatic carbocycles. The van der Waals surface area contributed by atoms with Crippen molar-refractivity contribution in [1.29, 1.82) is 0 Å². The number of nitrogens with zero attached hydrogens (tertiary/aromatic N) is 2. The van der Waals surface area contributed by atoms with Gasteiger partial charge in [0, 0.05) is 30.4 Å². The van der Waals surface area contributed by atoms with E-state index in [1.54, 1.807) is 0 Å². The molecular weight excluding hydrogens is 278 g/mol. The highest BCUT2D eigenvalue weighted by atomic mass is 32.1. The number of rotatable bonds is 4. The van der Waals surface area contributed by atoms with Crippen LogP contribution in [0.15, 0.2) is 22.5 Å². The fourth-order valence-corrected chi connectivity index (χ4v) is 4.29. The maximum absolute atomic E-state index is 4.91. The smallest absolute Gasteiger partial charge is 0.193 e. The number of hydrogen-bond donors (Lipinski definition) is 1. The van der Waals surface area contributed by atoms with Crippen LogP contribution in [0.4, 0.5) is 0 Å². The lowest BCUT2D eigenvalue weighted by atomic mass is 9.68. The topological polar surface area (TPSA) is 27.6 Å². The van der Waals surface area contributed by atoms with Crippen molar-refractivity contribution in [2.75, 3.05) is 26.2 Å². The highest BCUT2D eigenvalue weighted by Gasteiger charge is 2.43. The highest BCUT2D eigenvalue weighted by molar-refractivity contribution is 7.10. The Morgan fingerprint density at radius 2 is 2.33 bits per heavy atom. The lowest BCUT2D eigenvalue weighted by molar-refractivity contribution is 0.151. The molecule has 3 rings (SSSR count). The zero-order valence-corrected chi connectivity index (χ0v) is 14.1. The fraction of sp³-hybridized carbons (Fsp3) is 0.706. The van der Waals surface area contributed by atoms with Crippen molar-refractivity contribution < 1.29 is 0 Å². The fourth-order valence-electron chi connectivity index (χ4n) is 3.51. The van der Waals surface area contributed by atoms with Gasteiger partial charge in [0.1, 0.15) is 0 Å². The second-order valence-electron chi connectivity index (χ2n) is 6.64. The summed E-state index contributed by atoms with van der Waals surface area (Å²) in [6, 6.07) is 4.35. The second-order valence-corrected chi connectivity index (χ2v) is 7.62. The van der Waals surface area contributed by atoms with E-state index in [4.69, 9.17) is 4.99 Å². The Bertz CT molecular complexity index is 476. The third-order valence-corrected chi connectivity index (χ3v) is 6.13. The normalized spacial score (nSPS) is 22.4. The maximum Gasteiger partial charge on any atom is 0.193 e. The Kier molecular flexibility index (Phi) is 4.53. The summed E-state index contributed by atoms with van der Waals surface area (Å²) >= 11 is 1.84. The number of likely N-dealkylation sites (tertiary alicyclic amines) is 1. The largest absolute Gasteiger partial charge is 0.357 e. The predicted octanol–water partition coefficient (Wildman–Crippen LogP) is 3.69. The first-order valence-electron chi connectivity index (χ1n) is 8.29. The van der Waals surface area contributed by atoms with Crippen LogP contribution in [0.1, 0.15) is 50.3 Å². The Morgan fingerprint density at radius 1 is 1.48 bits per heavy atom. The molecule has 1 saturated heterocycles. The van der Waals surface area contributed by atoms with Gasteiger partial charge in [0.25, 0.3) is 0 Å².